The van der Waals surface area contributed by atoms with Crippen LogP contribution >= 0.6 is 0 Å². The van der Waals surface area contributed by atoms with Crippen LogP contribution in [0.5, 0.6) is 0 Å². The predicted octanol–water partition coefficient (Wildman–Crippen LogP) is 3.90. The summed E-state index contributed by atoms with van der Waals surface area (Å²) in [5, 5.41) is 0. The highest BCUT2D eigenvalue weighted by Crippen LogP contribution is 2.43. The smallest absolute Gasteiger partial charge is 0.0337 e. The fourth-order valence-corrected chi connectivity index (χ4v) is 4.86. The van der Waals surface area contributed by atoms with Gasteiger partial charge in [0.1, 0.15) is 0 Å². The lowest BCUT2D eigenvalue weighted by Gasteiger charge is -2.55. The molecule has 5 atom stereocenters. The van der Waals surface area contributed by atoms with Gasteiger partial charge in [0.05, 0.1) is 0 Å². The van der Waals surface area contributed by atoms with Crippen molar-refractivity contribution in [2.75, 3.05) is 13.1 Å². The molecule has 2 rings (SSSR count). The summed E-state index contributed by atoms with van der Waals surface area (Å²) in [4.78, 5) is 2.82. The molecule has 1 saturated heterocycles. The second-order valence-corrected chi connectivity index (χ2v) is 8.24. The van der Waals surface area contributed by atoms with Crippen molar-refractivity contribution in [3.8, 4) is 0 Å². The van der Waals surface area contributed by atoms with Gasteiger partial charge in [-0.25, -0.2) is 0 Å². The van der Waals surface area contributed by atoms with Crippen LogP contribution in [0.2, 0.25) is 0 Å². The highest BCUT2D eigenvalue weighted by Gasteiger charge is 2.45. The molecule has 0 aromatic rings. The van der Waals surface area contributed by atoms with Gasteiger partial charge in [0.25, 0.3) is 0 Å². The molecule has 118 valence electrons. The molecule has 1 aliphatic carbocycles. The molecule has 0 bridgehead atoms. The van der Waals surface area contributed by atoms with Crippen LogP contribution in [0.1, 0.15) is 66.7 Å². The fourth-order valence-electron chi connectivity index (χ4n) is 4.86. The van der Waals surface area contributed by atoms with Crippen LogP contribution in [-0.2, 0) is 0 Å². The van der Waals surface area contributed by atoms with Crippen LogP contribution in [0.3, 0.4) is 0 Å². The summed E-state index contributed by atoms with van der Waals surface area (Å²) < 4.78 is 0. The molecule has 2 aliphatic rings. The average molecular weight is 280 g/mol. The first-order valence-electron chi connectivity index (χ1n) is 8.86. The van der Waals surface area contributed by atoms with Gasteiger partial charge in [-0.2, -0.15) is 0 Å². The Kier molecular flexibility index (Phi) is 5.18. The Morgan fingerprint density at radius 1 is 1.25 bits per heavy atom. The van der Waals surface area contributed by atoms with Crippen molar-refractivity contribution >= 4 is 0 Å². The zero-order valence-corrected chi connectivity index (χ0v) is 14.4. The third-order valence-electron chi connectivity index (χ3n) is 6.39. The summed E-state index contributed by atoms with van der Waals surface area (Å²) in [7, 11) is 0. The average Bonchev–Trinajstić information content (AvgIpc) is 2.42. The number of nitrogens with two attached hydrogens (primary N) is 1. The number of piperidine rings is 1. The molecule has 2 fully saturated rings. The van der Waals surface area contributed by atoms with E-state index < -0.39 is 0 Å². The van der Waals surface area contributed by atoms with Crippen molar-refractivity contribution in [1.29, 1.82) is 0 Å². The SMILES string of the molecule is CC1CC(C)C(C)N(C2(CN)CCCC(C(C)C)C2)C1. The number of rotatable bonds is 3. The molecule has 5 unspecified atom stereocenters. The standard InChI is InChI=1S/C18H36N2/c1-13(2)17-7-6-8-18(10-17,12-19)20-11-14(3)9-15(4)16(20)5/h13-17H,6-12,19H2,1-5H3. The van der Waals surface area contributed by atoms with Crippen molar-refractivity contribution in [3.63, 3.8) is 0 Å². The minimum atomic E-state index is 0.287. The first kappa shape index (κ1) is 16.3. The maximum atomic E-state index is 6.34. The van der Waals surface area contributed by atoms with Crippen LogP contribution in [0.4, 0.5) is 0 Å². The quantitative estimate of drug-likeness (QED) is 0.849. The Morgan fingerprint density at radius 3 is 2.55 bits per heavy atom. The number of hydrogen-bond donors (Lipinski definition) is 1. The molecule has 20 heavy (non-hydrogen) atoms. The number of likely N-dealkylation sites (tertiary alicyclic amines) is 1. The van der Waals surface area contributed by atoms with Gasteiger partial charge in [0.15, 0.2) is 0 Å². The van der Waals surface area contributed by atoms with Crippen molar-refractivity contribution in [3.05, 3.63) is 0 Å². The lowest BCUT2D eigenvalue weighted by Crippen LogP contribution is -2.63. The summed E-state index contributed by atoms with van der Waals surface area (Å²) in [6.45, 7) is 14.2. The van der Waals surface area contributed by atoms with Gasteiger partial charge < -0.3 is 5.73 Å². The molecular formula is C18H36N2. The Morgan fingerprint density at radius 2 is 1.95 bits per heavy atom. The molecular weight excluding hydrogens is 244 g/mol. The van der Waals surface area contributed by atoms with Crippen molar-refractivity contribution in [2.45, 2.75) is 78.3 Å². The molecule has 1 saturated carbocycles. The van der Waals surface area contributed by atoms with Crippen LogP contribution in [0.15, 0.2) is 0 Å². The van der Waals surface area contributed by atoms with E-state index in [1.54, 1.807) is 0 Å². The highest BCUT2D eigenvalue weighted by molar-refractivity contribution is 5.01. The molecule has 2 heteroatoms. The third kappa shape index (κ3) is 3.06. The van der Waals surface area contributed by atoms with Crippen molar-refractivity contribution in [1.82, 2.24) is 4.90 Å². The number of hydrogen-bond acceptors (Lipinski definition) is 2. The van der Waals surface area contributed by atoms with Crippen LogP contribution in [0, 0.1) is 23.7 Å². The molecule has 2 N–H and O–H groups in total. The maximum Gasteiger partial charge on any atom is 0.0337 e. The zero-order chi connectivity index (χ0) is 14.9. The minimum absolute atomic E-state index is 0.287. The second-order valence-electron chi connectivity index (χ2n) is 8.24. The summed E-state index contributed by atoms with van der Waals surface area (Å²) in [6.07, 6.45) is 6.80. The van der Waals surface area contributed by atoms with Gasteiger partial charge in [-0.1, -0.05) is 40.5 Å². The zero-order valence-electron chi connectivity index (χ0n) is 14.4. The molecule has 0 amide bonds. The van der Waals surface area contributed by atoms with E-state index in [0.29, 0.717) is 6.04 Å². The van der Waals surface area contributed by atoms with E-state index in [9.17, 15) is 0 Å². The highest BCUT2D eigenvalue weighted by atomic mass is 15.2. The van der Waals surface area contributed by atoms with Gasteiger partial charge in [0.2, 0.25) is 0 Å². The normalized spacial score (nSPS) is 44.0. The van der Waals surface area contributed by atoms with Gasteiger partial charge in [-0.3, -0.25) is 4.90 Å². The number of nitrogens with zero attached hydrogens (tertiary/aromatic N) is 1. The van der Waals surface area contributed by atoms with E-state index >= 15 is 0 Å². The van der Waals surface area contributed by atoms with Gasteiger partial charge >= 0.3 is 0 Å². The van der Waals surface area contributed by atoms with Gasteiger partial charge in [-0.15, -0.1) is 0 Å². The van der Waals surface area contributed by atoms with Crippen molar-refractivity contribution < 1.29 is 0 Å². The van der Waals surface area contributed by atoms with Crippen LogP contribution in [0.25, 0.3) is 0 Å². The minimum Gasteiger partial charge on any atom is -0.329 e. The second kappa shape index (κ2) is 6.36. The molecule has 0 spiro atoms. The Balaban J connectivity index is 2.20. The third-order valence-corrected chi connectivity index (χ3v) is 6.39. The Hall–Kier alpha value is -0.0800. The van der Waals surface area contributed by atoms with Crippen molar-refractivity contribution in [2.24, 2.45) is 29.4 Å². The van der Waals surface area contributed by atoms with Crippen LogP contribution < -0.4 is 5.73 Å². The molecule has 2 nitrogen and oxygen atoms in total. The van der Waals surface area contributed by atoms with Gasteiger partial charge in [-0.05, 0) is 49.9 Å². The van der Waals surface area contributed by atoms with E-state index in [1.807, 2.05) is 0 Å². The molecule has 0 radical (unpaired) electrons. The summed E-state index contributed by atoms with van der Waals surface area (Å²) in [5.41, 5.74) is 6.63. The lowest BCUT2D eigenvalue weighted by atomic mass is 9.69. The Labute approximate surface area is 126 Å². The maximum absolute atomic E-state index is 6.34. The topological polar surface area (TPSA) is 29.3 Å². The van der Waals surface area contributed by atoms with E-state index in [2.05, 4.69) is 39.5 Å². The molecule has 1 aliphatic heterocycles. The molecule has 0 aromatic carbocycles. The van der Waals surface area contributed by atoms with Gasteiger partial charge in [0, 0.05) is 24.7 Å². The molecule has 0 aromatic heterocycles. The largest absolute Gasteiger partial charge is 0.329 e. The van der Waals surface area contributed by atoms with E-state index in [1.165, 1.54) is 38.6 Å². The monoisotopic (exact) mass is 280 g/mol. The first-order chi connectivity index (χ1) is 9.39. The summed E-state index contributed by atoms with van der Waals surface area (Å²) >= 11 is 0. The summed E-state index contributed by atoms with van der Waals surface area (Å²) in [5.74, 6) is 3.30. The predicted molar refractivity (Wildman–Crippen MR) is 87.7 cm³/mol. The van der Waals surface area contributed by atoms with E-state index in [4.69, 9.17) is 5.73 Å². The lowest BCUT2D eigenvalue weighted by molar-refractivity contribution is -0.0500. The molecule has 1 heterocycles. The fraction of sp³-hybridized carbons (Fsp3) is 1.00. The first-order valence-corrected chi connectivity index (χ1v) is 8.86. The summed E-state index contributed by atoms with van der Waals surface area (Å²) in [6, 6.07) is 0.695. The van der Waals surface area contributed by atoms with Crippen LogP contribution in [-0.4, -0.2) is 29.6 Å². The van der Waals surface area contributed by atoms with E-state index in [0.717, 1.165) is 30.2 Å². The van der Waals surface area contributed by atoms with E-state index in [-0.39, 0.29) is 5.54 Å². The Bertz CT molecular complexity index is 315.